The fourth-order valence-corrected chi connectivity index (χ4v) is 4.42. The molecule has 1 amide bonds. The zero-order chi connectivity index (χ0) is 19.3. The van der Waals surface area contributed by atoms with Crippen LogP contribution >= 0.6 is 0 Å². The molecule has 5 heterocycles. The Morgan fingerprint density at radius 3 is 3.00 bits per heavy atom. The molecule has 0 spiro atoms. The van der Waals surface area contributed by atoms with Crippen molar-refractivity contribution in [3.05, 3.63) is 52.9 Å². The standard InChI is InChI=1S/C20H22FN5O2/c1-11-8-16(22-9-11)18-24-19(28-25-18)12-2-3-13-4-6-15-14(5-7-17(21)23-15)20(27)26(13)10-12/h5,7-9,12-13,19,22H,2-4,6,10H2,1H3,(H,24,25). The number of hydroxylamine groups is 1. The largest absolute Gasteiger partial charge is 0.358 e. The normalized spacial score (nSPS) is 26.9. The van der Waals surface area contributed by atoms with Crippen LogP contribution in [0, 0.1) is 18.8 Å². The molecule has 1 saturated heterocycles. The third kappa shape index (κ3) is 2.97. The van der Waals surface area contributed by atoms with E-state index in [2.05, 4.69) is 20.4 Å². The fourth-order valence-electron chi connectivity index (χ4n) is 4.42. The van der Waals surface area contributed by atoms with Gasteiger partial charge in [-0.05, 0) is 56.4 Å². The number of aromatic nitrogens is 2. The first-order chi connectivity index (χ1) is 13.6. The molecule has 7 nitrogen and oxygen atoms in total. The lowest BCUT2D eigenvalue weighted by molar-refractivity contribution is -0.0279. The van der Waals surface area contributed by atoms with Gasteiger partial charge < -0.3 is 9.88 Å². The lowest BCUT2D eigenvalue weighted by Crippen LogP contribution is -2.48. The Morgan fingerprint density at radius 2 is 2.18 bits per heavy atom. The number of pyridine rings is 1. The second kappa shape index (κ2) is 6.70. The van der Waals surface area contributed by atoms with Crippen molar-refractivity contribution in [2.24, 2.45) is 10.9 Å². The highest BCUT2D eigenvalue weighted by atomic mass is 19.1. The number of nitrogens with one attached hydrogen (secondary N) is 2. The lowest BCUT2D eigenvalue weighted by atomic mass is 9.90. The maximum absolute atomic E-state index is 13.5. The molecule has 0 bridgehead atoms. The van der Waals surface area contributed by atoms with Crippen LogP contribution in [-0.4, -0.2) is 45.4 Å². The highest BCUT2D eigenvalue weighted by molar-refractivity contribution is 5.97. The van der Waals surface area contributed by atoms with Crippen LogP contribution in [0.1, 0.15) is 46.6 Å². The van der Waals surface area contributed by atoms with Crippen molar-refractivity contribution in [1.29, 1.82) is 0 Å². The molecule has 0 aromatic carbocycles. The fraction of sp³-hybridized carbons (Fsp3) is 0.450. The molecule has 1 fully saturated rings. The Morgan fingerprint density at radius 1 is 1.29 bits per heavy atom. The first kappa shape index (κ1) is 17.4. The summed E-state index contributed by atoms with van der Waals surface area (Å²) in [6, 6.07) is 4.99. The minimum absolute atomic E-state index is 0.0650. The van der Waals surface area contributed by atoms with Gasteiger partial charge in [-0.1, -0.05) is 0 Å². The summed E-state index contributed by atoms with van der Waals surface area (Å²) in [7, 11) is 0. The number of H-pyrrole nitrogens is 1. The third-order valence-electron chi connectivity index (χ3n) is 5.91. The summed E-state index contributed by atoms with van der Waals surface area (Å²) in [6.07, 6.45) is 4.84. The van der Waals surface area contributed by atoms with E-state index < -0.39 is 5.95 Å². The minimum Gasteiger partial charge on any atom is -0.358 e. The molecule has 0 saturated carbocycles. The molecular weight excluding hydrogens is 361 g/mol. The van der Waals surface area contributed by atoms with E-state index in [9.17, 15) is 9.18 Å². The van der Waals surface area contributed by atoms with Crippen LogP contribution in [0.3, 0.4) is 0 Å². The number of carbonyl (C=O) groups is 1. The van der Waals surface area contributed by atoms with E-state index in [-0.39, 0.29) is 24.1 Å². The van der Waals surface area contributed by atoms with Crippen molar-refractivity contribution < 1.29 is 14.0 Å². The zero-order valence-corrected chi connectivity index (χ0v) is 15.6. The Bertz CT molecular complexity index is 956. The molecule has 2 aromatic heterocycles. The maximum atomic E-state index is 13.5. The van der Waals surface area contributed by atoms with Crippen LogP contribution in [0.2, 0.25) is 0 Å². The van der Waals surface area contributed by atoms with Crippen molar-refractivity contribution >= 4 is 11.7 Å². The average molecular weight is 383 g/mol. The molecule has 2 N–H and O–H groups in total. The van der Waals surface area contributed by atoms with Gasteiger partial charge in [-0.3, -0.25) is 4.79 Å². The molecule has 0 radical (unpaired) electrons. The molecule has 8 heteroatoms. The van der Waals surface area contributed by atoms with E-state index in [1.165, 1.54) is 6.07 Å². The molecule has 0 aliphatic carbocycles. The van der Waals surface area contributed by atoms with Crippen LogP contribution < -0.4 is 5.48 Å². The maximum Gasteiger partial charge on any atom is 0.255 e. The summed E-state index contributed by atoms with van der Waals surface area (Å²) >= 11 is 0. The van der Waals surface area contributed by atoms with E-state index in [1.54, 1.807) is 6.07 Å². The van der Waals surface area contributed by atoms with E-state index in [0.29, 0.717) is 30.1 Å². The van der Waals surface area contributed by atoms with Crippen LogP contribution in [0.4, 0.5) is 4.39 Å². The van der Waals surface area contributed by atoms with E-state index in [0.717, 1.165) is 30.5 Å². The SMILES string of the molecule is Cc1c[nH]c(C2=NC(C3CCC4CCc5nc(F)ccc5C(=O)N4C3)ON2)c1. The molecular formula is C20H22FN5O2. The van der Waals surface area contributed by atoms with E-state index in [4.69, 9.17) is 4.84 Å². The van der Waals surface area contributed by atoms with Crippen molar-refractivity contribution in [3.63, 3.8) is 0 Å². The number of aliphatic imine (C=N–C) groups is 1. The van der Waals surface area contributed by atoms with Crippen molar-refractivity contribution in [1.82, 2.24) is 20.3 Å². The van der Waals surface area contributed by atoms with Gasteiger partial charge in [-0.25, -0.2) is 20.3 Å². The monoisotopic (exact) mass is 383 g/mol. The quantitative estimate of drug-likeness (QED) is 0.780. The molecule has 3 unspecified atom stereocenters. The third-order valence-corrected chi connectivity index (χ3v) is 5.91. The van der Waals surface area contributed by atoms with E-state index in [1.807, 2.05) is 24.1 Å². The number of halogens is 1. The van der Waals surface area contributed by atoms with Gasteiger partial charge in [0.2, 0.25) is 5.95 Å². The number of aromatic amines is 1. The van der Waals surface area contributed by atoms with Crippen LogP contribution in [0.25, 0.3) is 0 Å². The summed E-state index contributed by atoms with van der Waals surface area (Å²) in [5.74, 6) is 0.199. The van der Waals surface area contributed by atoms with Crippen molar-refractivity contribution in [3.8, 4) is 0 Å². The first-order valence-electron chi connectivity index (χ1n) is 9.70. The number of rotatable bonds is 2. The van der Waals surface area contributed by atoms with Gasteiger partial charge in [0, 0.05) is 24.7 Å². The number of piperidine rings is 1. The Hall–Kier alpha value is -2.74. The van der Waals surface area contributed by atoms with Gasteiger partial charge in [-0.15, -0.1) is 0 Å². The summed E-state index contributed by atoms with van der Waals surface area (Å²) in [5, 5.41) is 0. The predicted molar refractivity (Wildman–Crippen MR) is 100 cm³/mol. The lowest BCUT2D eigenvalue weighted by Gasteiger charge is -2.39. The van der Waals surface area contributed by atoms with Gasteiger partial charge in [-0.2, -0.15) is 4.39 Å². The van der Waals surface area contributed by atoms with Gasteiger partial charge in [0.1, 0.15) is 0 Å². The topological polar surface area (TPSA) is 82.6 Å². The van der Waals surface area contributed by atoms with Gasteiger partial charge in [0.15, 0.2) is 12.1 Å². The van der Waals surface area contributed by atoms with Crippen LogP contribution in [-0.2, 0) is 11.3 Å². The summed E-state index contributed by atoms with van der Waals surface area (Å²) in [5.41, 5.74) is 6.01. The van der Waals surface area contributed by atoms with Crippen molar-refractivity contribution in [2.75, 3.05) is 6.54 Å². The Labute approximate surface area is 162 Å². The smallest absolute Gasteiger partial charge is 0.255 e. The Balaban J connectivity index is 1.36. The first-order valence-corrected chi connectivity index (χ1v) is 9.70. The number of fused-ring (bicyclic) bond motifs is 2. The van der Waals surface area contributed by atoms with Gasteiger partial charge in [0.25, 0.3) is 5.91 Å². The molecule has 2 aromatic rings. The number of carbonyl (C=O) groups excluding carboxylic acids is 1. The molecule has 3 atom stereocenters. The molecule has 146 valence electrons. The number of amidine groups is 1. The molecule has 3 aliphatic rings. The average Bonchev–Trinajstić information content (AvgIpc) is 3.32. The van der Waals surface area contributed by atoms with Crippen LogP contribution in [0.15, 0.2) is 29.4 Å². The minimum atomic E-state index is -0.531. The zero-order valence-electron chi connectivity index (χ0n) is 15.6. The highest BCUT2D eigenvalue weighted by Gasteiger charge is 2.40. The highest BCUT2D eigenvalue weighted by Crippen LogP contribution is 2.33. The predicted octanol–water partition coefficient (Wildman–Crippen LogP) is 2.33. The molecule has 3 aliphatic heterocycles. The summed E-state index contributed by atoms with van der Waals surface area (Å²) in [4.78, 5) is 32.5. The number of hydrogen-bond acceptors (Lipinski definition) is 5. The summed E-state index contributed by atoms with van der Waals surface area (Å²) in [6.45, 7) is 2.59. The number of hydrogen-bond donors (Lipinski definition) is 2. The number of aryl methyl sites for hydroxylation is 2. The van der Waals surface area contributed by atoms with Crippen molar-refractivity contribution in [2.45, 2.75) is 44.9 Å². The number of amides is 1. The second-order valence-corrected chi connectivity index (χ2v) is 7.79. The van der Waals surface area contributed by atoms with Crippen LogP contribution in [0.5, 0.6) is 0 Å². The Kier molecular flexibility index (Phi) is 4.16. The van der Waals surface area contributed by atoms with Gasteiger partial charge in [0.05, 0.1) is 17.0 Å². The summed E-state index contributed by atoms with van der Waals surface area (Å²) < 4.78 is 13.5. The van der Waals surface area contributed by atoms with E-state index >= 15 is 0 Å². The second-order valence-electron chi connectivity index (χ2n) is 7.79. The van der Waals surface area contributed by atoms with Gasteiger partial charge >= 0.3 is 0 Å². The molecule has 5 rings (SSSR count). The number of nitrogens with zero attached hydrogens (tertiary/aromatic N) is 3. The molecule has 28 heavy (non-hydrogen) atoms.